The summed E-state index contributed by atoms with van der Waals surface area (Å²) in [6, 6.07) is 13.0. The van der Waals surface area contributed by atoms with Gasteiger partial charge in [0.05, 0.1) is 24.7 Å². The first-order valence-corrected chi connectivity index (χ1v) is 8.13. The molecule has 2 aliphatic heterocycles. The molecular weight excluding hydrogens is 320 g/mol. The van der Waals surface area contributed by atoms with Crippen molar-refractivity contribution in [1.82, 2.24) is 0 Å². The standard InChI is InChI=1S/C19H18N2O4/c20-18(22)11-6-13-15(10-4-2-1-3-5-10)16(12-8-24-9-12)25-17(13)14(7-11)19(21)23/h1-7,12,15-16H,8-9H2,(H2,20,22)(H2,21,23). The predicted molar refractivity (Wildman–Crippen MR) is 90.5 cm³/mol. The average Bonchev–Trinajstić information content (AvgIpc) is 2.91. The molecule has 0 aliphatic carbocycles. The minimum Gasteiger partial charge on any atom is -0.488 e. The van der Waals surface area contributed by atoms with Crippen molar-refractivity contribution >= 4 is 11.8 Å². The van der Waals surface area contributed by atoms with Crippen LogP contribution in [0.2, 0.25) is 0 Å². The lowest BCUT2D eigenvalue weighted by Gasteiger charge is -2.34. The Morgan fingerprint density at radius 3 is 2.28 bits per heavy atom. The van der Waals surface area contributed by atoms with Gasteiger partial charge in [-0.25, -0.2) is 0 Å². The Morgan fingerprint density at radius 1 is 1.00 bits per heavy atom. The van der Waals surface area contributed by atoms with Crippen LogP contribution < -0.4 is 16.2 Å². The SMILES string of the molecule is NC(=O)c1cc(C(N)=O)c2c(c1)C(c1ccccc1)C(C1COC1)O2. The summed E-state index contributed by atoms with van der Waals surface area (Å²) >= 11 is 0. The van der Waals surface area contributed by atoms with Gasteiger partial charge in [0.15, 0.2) is 0 Å². The van der Waals surface area contributed by atoms with E-state index in [9.17, 15) is 9.59 Å². The smallest absolute Gasteiger partial charge is 0.252 e. The largest absolute Gasteiger partial charge is 0.488 e. The van der Waals surface area contributed by atoms with Crippen LogP contribution in [0.25, 0.3) is 0 Å². The fourth-order valence-electron chi connectivity index (χ4n) is 3.56. The molecule has 25 heavy (non-hydrogen) atoms. The summed E-state index contributed by atoms with van der Waals surface area (Å²) in [5.41, 5.74) is 13.2. The van der Waals surface area contributed by atoms with Gasteiger partial charge in [0.1, 0.15) is 11.9 Å². The van der Waals surface area contributed by atoms with Crippen LogP contribution in [-0.4, -0.2) is 31.1 Å². The number of primary amides is 2. The number of rotatable bonds is 4. The first kappa shape index (κ1) is 15.7. The molecule has 0 bridgehead atoms. The van der Waals surface area contributed by atoms with Crippen LogP contribution in [0.5, 0.6) is 5.75 Å². The molecule has 0 saturated carbocycles. The maximum atomic E-state index is 11.9. The number of carbonyl (C=O) groups is 2. The second kappa shape index (κ2) is 5.89. The second-order valence-corrected chi connectivity index (χ2v) is 6.44. The van der Waals surface area contributed by atoms with E-state index in [1.54, 1.807) is 6.07 Å². The van der Waals surface area contributed by atoms with Gasteiger partial charge in [0, 0.05) is 17.0 Å². The fourth-order valence-corrected chi connectivity index (χ4v) is 3.56. The number of fused-ring (bicyclic) bond motifs is 1. The van der Waals surface area contributed by atoms with Crippen LogP contribution in [-0.2, 0) is 4.74 Å². The van der Waals surface area contributed by atoms with Crippen LogP contribution in [0.4, 0.5) is 0 Å². The van der Waals surface area contributed by atoms with E-state index in [2.05, 4.69) is 0 Å². The quantitative estimate of drug-likeness (QED) is 0.879. The summed E-state index contributed by atoms with van der Waals surface area (Å²) in [6.07, 6.45) is -0.174. The van der Waals surface area contributed by atoms with Crippen LogP contribution in [0.3, 0.4) is 0 Å². The molecule has 6 nitrogen and oxygen atoms in total. The van der Waals surface area contributed by atoms with E-state index >= 15 is 0 Å². The van der Waals surface area contributed by atoms with Gasteiger partial charge in [-0.05, 0) is 17.7 Å². The molecule has 1 fully saturated rings. The van der Waals surface area contributed by atoms with E-state index < -0.39 is 11.8 Å². The van der Waals surface area contributed by atoms with Crippen LogP contribution in [0.1, 0.15) is 37.8 Å². The Kier molecular flexibility index (Phi) is 3.69. The van der Waals surface area contributed by atoms with E-state index in [1.807, 2.05) is 30.3 Å². The molecule has 128 valence electrons. The first-order valence-electron chi connectivity index (χ1n) is 8.13. The molecule has 0 radical (unpaired) electrons. The van der Waals surface area contributed by atoms with Gasteiger partial charge in [-0.1, -0.05) is 30.3 Å². The highest BCUT2D eigenvalue weighted by Crippen LogP contribution is 2.48. The van der Waals surface area contributed by atoms with Crippen LogP contribution in [0, 0.1) is 5.92 Å². The Balaban J connectivity index is 1.90. The highest BCUT2D eigenvalue weighted by molar-refractivity contribution is 6.01. The summed E-state index contributed by atoms with van der Waals surface area (Å²) < 4.78 is 11.5. The van der Waals surface area contributed by atoms with Crippen molar-refractivity contribution in [2.75, 3.05) is 13.2 Å². The molecule has 2 aliphatic rings. The normalized spacial score (nSPS) is 21.9. The van der Waals surface area contributed by atoms with Gasteiger partial charge in [-0.15, -0.1) is 0 Å². The molecule has 2 unspecified atom stereocenters. The third kappa shape index (κ3) is 2.55. The van der Waals surface area contributed by atoms with E-state index in [0.717, 1.165) is 11.1 Å². The van der Waals surface area contributed by atoms with Gasteiger partial charge in [-0.3, -0.25) is 9.59 Å². The molecule has 6 heteroatoms. The van der Waals surface area contributed by atoms with E-state index in [-0.39, 0.29) is 29.1 Å². The molecule has 1 saturated heterocycles. The van der Waals surface area contributed by atoms with Gasteiger partial charge in [-0.2, -0.15) is 0 Å². The molecule has 4 rings (SSSR count). The maximum absolute atomic E-state index is 11.9. The zero-order chi connectivity index (χ0) is 17.6. The number of hydrogen-bond acceptors (Lipinski definition) is 4. The molecular formula is C19H18N2O4. The maximum Gasteiger partial charge on any atom is 0.252 e. The number of benzene rings is 2. The minimum absolute atomic E-state index is 0.109. The van der Waals surface area contributed by atoms with Crippen molar-refractivity contribution in [2.45, 2.75) is 12.0 Å². The number of carbonyl (C=O) groups excluding carboxylic acids is 2. The van der Waals surface area contributed by atoms with Crippen molar-refractivity contribution in [3.8, 4) is 5.75 Å². The van der Waals surface area contributed by atoms with Crippen LogP contribution in [0.15, 0.2) is 42.5 Å². The topological polar surface area (TPSA) is 105 Å². The summed E-state index contributed by atoms with van der Waals surface area (Å²) in [6.45, 7) is 1.22. The number of hydrogen-bond donors (Lipinski definition) is 2. The van der Waals surface area contributed by atoms with Crippen LogP contribution >= 0.6 is 0 Å². The summed E-state index contributed by atoms with van der Waals surface area (Å²) in [5.74, 6) is -0.690. The fraction of sp³-hybridized carbons (Fsp3) is 0.263. The third-order valence-electron chi connectivity index (χ3n) is 4.87. The number of amides is 2. The second-order valence-electron chi connectivity index (χ2n) is 6.44. The van der Waals surface area contributed by atoms with E-state index in [1.165, 1.54) is 6.07 Å². The molecule has 0 aromatic heterocycles. The third-order valence-corrected chi connectivity index (χ3v) is 4.87. The zero-order valence-corrected chi connectivity index (χ0v) is 13.5. The van der Waals surface area contributed by atoms with Gasteiger partial charge in [0.25, 0.3) is 5.91 Å². The molecule has 2 atom stereocenters. The minimum atomic E-state index is -0.642. The molecule has 0 spiro atoms. The van der Waals surface area contributed by atoms with E-state index in [0.29, 0.717) is 19.0 Å². The predicted octanol–water partition coefficient (Wildman–Crippen LogP) is 1.42. The Hall–Kier alpha value is -2.86. The molecule has 2 heterocycles. The Labute approximate surface area is 144 Å². The first-order chi connectivity index (χ1) is 12.1. The Bertz CT molecular complexity index is 846. The molecule has 2 aromatic rings. The van der Waals surface area contributed by atoms with Crippen molar-refractivity contribution in [3.63, 3.8) is 0 Å². The van der Waals surface area contributed by atoms with Gasteiger partial charge >= 0.3 is 0 Å². The number of nitrogens with two attached hydrogens (primary N) is 2. The highest BCUT2D eigenvalue weighted by atomic mass is 16.5. The lowest BCUT2D eigenvalue weighted by atomic mass is 9.81. The van der Waals surface area contributed by atoms with Crippen molar-refractivity contribution < 1.29 is 19.1 Å². The highest BCUT2D eigenvalue weighted by Gasteiger charge is 2.45. The number of ether oxygens (including phenoxy) is 2. The lowest BCUT2D eigenvalue weighted by Crippen LogP contribution is -2.42. The molecule has 4 N–H and O–H groups in total. The summed E-state index contributed by atoms with van der Waals surface area (Å²) in [7, 11) is 0. The van der Waals surface area contributed by atoms with Gasteiger partial charge in [0.2, 0.25) is 5.91 Å². The monoisotopic (exact) mass is 338 g/mol. The Morgan fingerprint density at radius 2 is 1.72 bits per heavy atom. The molecule has 2 amide bonds. The van der Waals surface area contributed by atoms with Gasteiger partial charge < -0.3 is 20.9 Å². The van der Waals surface area contributed by atoms with Crippen molar-refractivity contribution in [2.24, 2.45) is 17.4 Å². The summed E-state index contributed by atoms with van der Waals surface area (Å²) in [5, 5.41) is 0. The molecule has 2 aromatic carbocycles. The average molecular weight is 338 g/mol. The summed E-state index contributed by atoms with van der Waals surface area (Å²) in [4.78, 5) is 23.6. The van der Waals surface area contributed by atoms with Crippen molar-refractivity contribution in [1.29, 1.82) is 0 Å². The lowest BCUT2D eigenvalue weighted by molar-refractivity contribution is -0.0809. The zero-order valence-electron chi connectivity index (χ0n) is 13.5. The van der Waals surface area contributed by atoms with Crippen molar-refractivity contribution in [3.05, 3.63) is 64.7 Å². The van der Waals surface area contributed by atoms with E-state index in [4.69, 9.17) is 20.9 Å².